The predicted octanol–water partition coefficient (Wildman–Crippen LogP) is 2.48. The van der Waals surface area contributed by atoms with Crippen LogP contribution in [0.5, 0.6) is 0 Å². The zero-order chi connectivity index (χ0) is 24.2. The van der Waals surface area contributed by atoms with Gasteiger partial charge in [-0.05, 0) is 63.0 Å². The fraction of sp³-hybridized carbons (Fsp3) is 0.692. The molecule has 0 bridgehead atoms. The van der Waals surface area contributed by atoms with E-state index in [1.165, 1.54) is 6.92 Å². The lowest BCUT2D eigenvalue weighted by molar-refractivity contribution is -0.181. The number of Topliss-reactive ketones (excluding diaryl/α,β-unsaturated/α-hetero) is 2. The molecule has 0 aromatic carbocycles. The summed E-state index contributed by atoms with van der Waals surface area (Å²) in [4.78, 5) is 48.0. The minimum Gasteiger partial charge on any atom is -0.458 e. The molecule has 0 aromatic heterocycles. The van der Waals surface area contributed by atoms with Crippen LogP contribution in [0.4, 0.5) is 0 Å². The number of allylic oxidation sites excluding steroid dienone is 4. The highest BCUT2D eigenvalue weighted by molar-refractivity contribution is 6.01. The Bertz CT molecular complexity index is 948. The van der Waals surface area contributed by atoms with Gasteiger partial charge < -0.3 is 19.7 Å². The number of esters is 1. The van der Waals surface area contributed by atoms with Gasteiger partial charge in [-0.25, -0.2) is 0 Å². The van der Waals surface area contributed by atoms with Crippen LogP contribution in [-0.2, 0) is 23.9 Å². The molecule has 7 heteroatoms. The second-order valence-electron chi connectivity index (χ2n) is 10.9. The monoisotopic (exact) mass is 458 g/mol. The summed E-state index contributed by atoms with van der Waals surface area (Å²) in [5.74, 6) is -1.26. The first-order valence-corrected chi connectivity index (χ1v) is 12.0. The topological polar surface area (TPSA) is 118 Å². The first-order valence-electron chi connectivity index (χ1n) is 12.0. The fourth-order valence-electron chi connectivity index (χ4n) is 7.40. The van der Waals surface area contributed by atoms with Crippen molar-refractivity contribution in [2.45, 2.75) is 77.4 Å². The molecular weight excluding hydrogens is 424 g/mol. The number of carbonyl (C=O) groups excluding carboxylic acids is 4. The first-order chi connectivity index (χ1) is 15.4. The summed E-state index contributed by atoms with van der Waals surface area (Å²) in [5, 5.41) is 23.0. The number of aliphatic hydroxyl groups is 2. The summed E-state index contributed by atoms with van der Waals surface area (Å²) in [6.45, 7) is 4.81. The van der Waals surface area contributed by atoms with E-state index in [4.69, 9.17) is 4.74 Å². The average Bonchev–Trinajstić information content (AvgIpc) is 3.02. The maximum Gasteiger partial charge on any atom is 0.306 e. The number of ether oxygens (including phenoxy) is 1. The molecule has 3 saturated carbocycles. The maximum atomic E-state index is 13.1. The minimum absolute atomic E-state index is 0.0187. The Balaban J connectivity index is 1.53. The number of fused-ring (bicyclic) bond motifs is 5. The lowest BCUT2D eigenvalue weighted by Crippen LogP contribution is -2.61. The molecule has 1 unspecified atom stereocenters. The highest BCUT2D eigenvalue weighted by Crippen LogP contribution is 2.67. The van der Waals surface area contributed by atoms with Gasteiger partial charge in [0, 0.05) is 23.2 Å². The molecule has 4 rings (SSSR count). The van der Waals surface area contributed by atoms with Crippen molar-refractivity contribution in [1.82, 2.24) is 0 Å². The summed E-state index contributed by atoms with van der Waals surface area (Å²) < 4.78 is 5.08. The molecule has 4 aliphatic carbocycles. The molecule has 0 amide bonds. The molecule has 180 valence electrons. The number of aliphatic hydroxyl groups excluding tert-OH is 1. The lowest BCUT2D eigenvalue weighted by atomic mass is 9.46. The Labute approximate surface area is 194 Å². The van der Waals surface area contributed by atoms with E-state index in [1.807, 2.05) is 13.0 Å². The smallest absolute Gasteiger partial charge is 0.306 e. The summed E-state index contributed by atoms with van der Waals surface area (Å²) in [5.41, 5.74) is -1.86. The zero-order valence-electron chi connectivity index (χ0n) is 19.6. The molecule has 0 spiro atoms. The SMILES string of the molecule is CC(=O)CCC(=O)OCC(=O)[C@@]1(O)CC[C@H]2[C@@H]3CCC4=CC(=O)C=C[C@]4(C)[C@H]3C(O)C[C@@]21C. The van der Waals surface area contributed by atoms with E-state index >= 15 is 0 Å². The van der Waals surface area contributed by atoms with Gasteiger partial charge in [-0.1, -0.05) is 25.5 Å². The second-order valence-corrected chi connectivity index (χ2v) is 10.9. The highest BCUT2D eigenvalue weighted by Gasteiger charge is 2.68. The summed E-state index contributed by atoms with van der Waals surface area (Å²) in [7, 11) is 0. The largest absolute Gasteiger partial charge is 0.458 e. The third-order valence-electron chi connectivity index (χ3n) is 9.15. The molecule has 0 heterocycles. The van der Waals surface area contributed by atoms with Gasteiger partial charge in [0.15, 0.2) is 12.4 Å². The van der Waals surface area contributed by atoms with Crippen molar-refractivity contribution in [2.75, 3.05) is 6.61 Å². The average molecular weight is 459 g/mol. The van der Waals surface area contributed by atoms with Crippen molar-refractivity contribution >= 4 is 23.3 Å². The maximum absolute atomic E-state index is 13.1. The number of rotatable bonds is 6. The summed E-state index contributed by atoms with van der Waals surface area (Å²) in [6.07, 6.45) is 7.19. The highest BCUT2D eigenvalue weighted by atomic mass is 16.5. The van der Waals surface area contributed by atoms with Crippen LogP contribution in [0.15, 0.2) is 23.8 Å². The second kappa shape index (κ2) is 8.27. The van der Waals surface area contributed by atoms with Crippen LogP contribution in [0.3, 0.4) is 0 Å². The molecule has 0 aliphatic heterocycles. The van der Waals surface area contributed by atoms with Crippen LogP contribution >= 0.6 is 0 Å². The van der Waals surface area contributed by atoms with Gasteiger partial charge in [0.2, 0.25) is 5.78 Å². The van der Waals surface area contributed by atoms with Crippen LogP contribution in [0, 0.1) is 28.6 Å². The van der Waals surface area contributed by atoms with Gasteiger partial charge in [-0.15, -0.1) is 0 Å². The summed E-state index contributed by atoms with van der Waals surface area (Å²) >= 11 is 0. The Kier molecular flexibility index (Phi) is 6.02. The first kappa shape index (κ1) is 24.0. The molecule has 0 saturated heterocycles. The van der Waals surface area contributed by atoms with Gasteiger partial charge in [-0.3, -0.25) is 14.4 Å². The Morgan fingerprint density at radius 3 is 2.61 bits per heavy atom. The molecule has 0 radical (unpaired) electrons. The molecule has 2 N–H and O–H groups in total. The number of ketones is 3. The molecule has 4 aliphatic rings. The Morgan fingerprint density at radius 1 is 1.18 bits per heavy atom. The fourth-order valence-corrected chi connectivity index (χ4v) is 7.40. The van der Waals surface area contributed by atoms with E-state index in [0.29, 0.717) is 6.42 Å². The quantitative estimate of drug-likeness (QED) is 0.587. The van der Waals surface area contributed by atoms with E-state index in [1.54, 1.807) is 12.2 Å². The van der Waals surface area contributed by atoms with E-state index < -0.39 is 40.9 Å². The number of carbonyl (C=O) groups is 4. The third kappa shape index (κ3) is 3.73. The summed E-state index contributed by atoms with van der Waals surface area (Å²) in [6, 6.07) is 0. The minimum atomic E-state index is -1.68. The molecule has 0 aromatic rings. The van der Waals surface area contributed by atoms with Crippen molar-refractivity contribution in [3.63, 3.8) is 0 Å². The van der Waals surface area contributed by atoms with E-state index in [0.717, 1.165) is 18.4 Å². The van der Waals surface area contributed by atoms with Crippen LogP contribution in [-0.4, -0.2) is 51.8 Å². The van der Waals surface area contributed by atoms with E-state index in [2.05, 4.69) is 6.92 Å². The van der Waals surface area contributed by atoms with Crippen molar-refractivity contribution in [1.29, 1.82) is 0 Å². The van der Waals surface area contributed by atoms with Crippen LogP contribution in [0.1, 0.15) is 65.7 Å². The van der Waals surface area contributed by atoms with Crippen LogP contribution in [0.2, 0.25) is 0 Å². The molecular formula is C26H34O7. The number of hydrogen-bond acceptors (Lipinski definition) is 7. The van der Waals surface area contributed by atoms with Gasteiger partial charge in [0.1, 0.15) is 11.4 Å². The molecule has 3 fully saturated rings. The molecule has 33 heavy (non-hydrogen) atoms. The Morgan fingerprint density at radius 2 is 1.91 bits per heavy atom. The van der Waals surface area contributed by atoms with Gasteiger partial charge >= 0.3 is 5.97 Å². The van der Waals surface area contributed by atoms with Crippen molar-refractivity contribution < 1.29 is 34.1 Å². The molecule has 7 nitrogen and oxygen atoms in total. The third-order valence-corrected chi connectivity index (χ3v) is 9.15. The van der Waals surface area contributed by atoms with Crippen molar-refractivity contribution in [3.8, 4) is 0 Å². The van der Waals surface area contributed by atoms with Crippen molar-refractivity contribution in [2.24, 2.45) is 28.6 Å². The van der Waals surface area contributed by atoms with E-state index in [9.17, 15) is 29.4 Å². The number of hydrogen-bond donors (Lipinski definition) is 2. The normalized spacial score (nSPS) is 41.5. The van der Waals surface area contributed by atoms with Gasteiger partial charge in [0.05, 0.1) is 12.5 Å². The predicted molar refractivity (Wildman–Crippen MR) is 119 cm³/mol. The van der Waals surface area contributed by atoms with Crippen LogP contribution in [0.25, 0.3) is 0 Å². The van der Waals surface area contributed by atoms with Gasteiger partial charge in [-0.2, -0.15) is 0 Å². The molecule has 7 atom stereocenters. The standard InChI is InChI=1S/C26H34O7/c1-15(27)4-7-22(31)33-14-21(30)26(32)11-9-19-18-6-5-16-12-17(28)8-10-24(16,2)23(18)20(29)13-25(19,26)3/h8,10,12,18-20,23,29,32H,4-7,9,11,13-14H2,1-3H3/t18-,19-,20?,23+,24-,25-,26-/m0/s1. The Hall–Kier alpha value is -2.12. The van der Waals surface area contributed by atoms with Crippen LogP contribution < -0.4 is 0 Å². The van der Waals surface area contributed by atoms with Crippen molar-refractivity contribution in [3.05, 3.63) is 23.8 Å². The van der Waals surface area contributed by atoms with Gasteiger partial charge in [0.25, 0.3) is 0 Å². The lowest BCUT2D eigenvalue weighted by Gasteiger charge is -2.59. The van der Waals surface area contributed by atoms with E-state index in [-0.39, 0.29) is 55.0 Å². The zero-order valence-corrected chi connectivity index (χ0v) is 19.6.